The van der Waals surface area contributed by atoms with Crippen LogP contribution in [0.2, 0.25) is 0 Å². The quantitative estimate of drug-likeness (QED) is 0.496. The lowest BCUT2D eigenvalue weighted by Gasteiger charge is -2.39. The summed E-state index contributed by atoms with van der Waals surface area (Å²) in [5.74, 6) is -2.29. The summed E-state index contributed by atoms with van der Waals surface area (Å²) in [6.45, 7) is 9.67. The van der Waals surface area contributed by atoms with Crippen LogP contribution in [0.4, 0.5) is 0 Å². The van der Waals surface area contributed by atoms with Gasteiger partial charge in [-0.1, -0.05) is 51.1 Å². The number of fused-ring (bicyclic) bond motifs is 1. The zero-order valence-electron chi connectivity index (χ0n) is 21.4. The lowest BCUT2D eigenvalue weighted by Crippen LogP contribution is -2.59. The van der Waals surface area contributed by atoms with Crippen molar-refractivity contribution in [3.8, 4) is 0 Å². The minimum atomic E-state index is -1.08. The molecule has 0 radical (unpaired) electrons. The number of nitrogens with one attached hydrogen (secondary N) is 2. The van der Waals surface area contributed by atoms with Gasteiger partial charge in [-0.15, -0.1) is 0 Å². The number of carbonyl (C=O) groups excluding carboxylic acids is 3. The van der Waals surface area contributed by atoms with Crippen LogP contribution in [0, 0.1) is 17.8 Å². The Balaban J connectivity index is 1.73. The van der Waals surface area contributed by atoms with Gasteiger partial charge in [0.05, 0.1) is 30.1 Å². The van der Waals surface area contributed by atoms with E-state index < -0.39 is 35.1 Å². The number of hydrogen-bond donors (Lipinski definition) is 3. The zero-order chi connectivity index (χ0) is 25.5. The van der Waals surface area contributed by atoms with E-state index in [2.05, 4.69) is 10.6 Å². The monoisotopic (exact) mass is 485 g/mol. The average molecular weight is 486 g/mol. The Bertz CT molecular complexity index is 967. The summed E-state index contributed by atoms with van der Waals surface area (Å²) in [6, 6.07) is 8.09. The Morgan fingerprint density at radius 3 is 2.40 bits per heavy atom. The van der Waals surface area contributed by atoms with E-state index in [1.807, 2.05) is 65.0 Å². The number of nitrogens with zero attached hydrogens (tertiary/aromatic N) is 1. The van der Waals surface area contributed by atoms with Crippen molar-refractivity contribution in [2.45, 2.75) is 89.8 Å². The maximum Gasteiger partial charge on any atom is 0.246 e. The maximum atomic E-state index is 14.1. The first-order valence-electron chi connectivity index (χ1n) is 12.9. The smallest absolute Gasteiger partial charge is 0.246 e. The molecule has 3 saturated heterocycles. The molecule has 3 heterocycles. The maximum absolute atomic E-state index is 14.1. The Morgan fingerprint density at radius 1 is 1.14 bits per heavy atom. The highest BCUT2D eigenvalue weighted by Crippen LogP contribution is 2.64. The number of amides is 3. The molecule has 6 atom stereocenters. The predicted molar refractivity (Wildman–Crippen MR) is 131 cm³/mol. The number of likely N-dealkylation sites (tertiary alicyclic amines) is 1. The number of aliphatic hydroxyl groups excluding tert-OH is 1. The number of carbonyl (C=O) groups is 3. The molecule has 1 aromatic carbocycles. The van der Waals surface area contributed by atoms with Gasteiger partial charge in [0.1, 0.15) is 11.6 Å². The van der Waals surface area contributed by atoms with Gasteiger partial charge in [0.2, 0.25) is 17.7 Å². The lowest BCUT2D eigenvalue weighted by molar-refractivity contribution is -0.152. The Morgan fingerprint density at radius 2 is 1.83 bits per heavy atom. The number of rotatable bonds is 9. The van der Waals surface area contributed by atoms with Gasteiger partial charge in [-0.3, -0.25) is 14.4 Å². The number of hydrogen-bond acceptors (Lipinski definition) is 5. The molecular formula is C27H39N3O5. The molecule has 8 nitrogen and oxygen atoms in total. The molecule has 0 saturated carbocycles. The first-order valence-corrected chi connectivity index (χ1v) is 12.9. The van der Waals surface area contributed by atoms with Crippen LogP contribution < -0.4 is 10.6 Å². The van der Waals surface area contributed by atoms with E-state index in [0.29, 0.717) is 25.8 Å². The third-order valence-electron chi connectivity index (χ3n) is 8.20. The summed E-state index contributed by atoms with van der Waals surface area (Å²) >= 11 is 0. The largest absolute Gasteiger partial charge is 0.394 e. The van der Waals surface area contributed by atoms with Crippen molar-refractivity contribution in [1.82, 2.24) is 15.5 Å². The van der Waals surface area contributed by atoms with Gasteiger partial charge in [-0.25, -0.2) is 0 Å². The van der Waals surface area contributed by atoms with Crippen LogP contribution in [-0.4, -0.2) is 63.7 Å². The molecule has 35 heavy (non-hydrogen) atoms. The molecule has 0 aromatic heterocycles. The summed E-state index contributed by atoms with van der Waals surface area (Å²) in [5.41, 5.74) is -0.891. The second-order valence-electron chi connectivity index (χ2n) is 10.9. The molecule has 3 aliphatic rings. The Kier molecular flexibility index (Phi) is 6.99. The first-order chi connectivity index (χ1) is 16.6. The molecule has 3 N–H and O–H groups in total. The number of ether oxygens (including phenoxy) is 1. The summed E-state index contributed by atoms with van der Waals surface area (Å²) in [7, 11) is 0. The number of aliphatic hydroxyl groups is 1. The molecule has 192 valence electrons. The van der Waals surface area contributed by atoms with E-state index in [1.54, 1.807) is 0 Å². The van der Waals surface area contributed by atoms with E-state index in [4.69, 9.17) is 4.74 Å². The van der Waals surface area contributed by atoms with E-state index in [0.717, 1.165) is 5.56 Å². The van der Waals surface area contributed by atoms with Gasteiger partial charge < -0.3 is 25.4 Å². The van der Waals surface area contributed by atoms with E-state index in [-0.39, 0.29) is 36.3 Å². The molecule has 1 aromatic rings. The van der Waals surface area contributed by atoms with Crippen LogP contribution in [0.1, 0.15) is 59.4 Å². The summed E-state index contributed by atoms with van der Waals surface area (Å²) in [6.07, 6.45) is 1.72. The van der Waals surface area contributed by atoms with Crippen molar-refractivity contribution >= 4 is 17.7 Å². The fourth-order valence-electron chi connectivity index (χ4n) is 6.59. The highest BCUT2D eigenvalue weighted by molar-refractivity contribution is 5.99. The molecule has 3 aliphatic heterocycles. The average Bonchev–Trinajstić information content (AvgIpc) is 3.42. The molecular weight excluding hydrogens is 446 g/mol. The molecule has 8 heteroatoms. The second-order valence-corrected chi connectivity index (χ2v) is 10.9. The van der Waals surface area contributed by atoms with Crippen molar-refractivity contribution in [3.05, 3.63) is 35.9 Å². The van der Waals surface area contributed by atoms with Gasteiger partial charge in [-0.2, -0.15) is 0 Å². The van der Waals surface area contributed by atoms with Crippen LogP contribution in [0.5, 0.6) is 0 Å². The van der Waals surface area contributed by atoms with Crippen molar-refractivity contribution in [2.24, 2.45) is 17.8 Å². The Labute approximate surface area is 207 Å². The SMILES string of the molecule is CC[C@@]12CCC3(O1)C(C(=O)NC(C)C)N([C@@H](CO)C(C)C)C(=O)[C@@H]3[C@@H]2C(=O)NCc1ccccc1. The van der Waals surface area contributed by atoms with Gasteiger partial charge in [0.15, 0.2) is 0 Å². The molecule has 3 fully saturated rings. The molecule has 4 rings (SSSR count). The summed E-state index contributed by atoms with van der Waals surface area (Å²) in [4.78, 5) is 42.9. The van der Waals surface area contributed by atoms with Gasteiger partial charge in [0.25, 0.3) is 0 Å². The minimum absolute atomic E-state index is 0.0729. The Hall–Kier alpha value is -2.45. The molecule has 2 bridgehead atoms. The predicted octanol–water partition coefficient (Wildman–Crippen LogP) is 2.00. The second kappa shape index (κ2) is 9.54. The lowest BCUT2D eigenvalue weighted by atomic mass is 9.65. The van der Waals surface area contributed by atoms with Crippen LogP contribution in [-0.2, 0) is 25.7 Å². The fourth-order valence-corrected chi connectivity index (χ4v) is 6.59. The van der Waals surface area contributed by atoms with Crippen molar-refractivity contribution in [2.75, 3.05) is 6.61 Å². The molecule has 3 amide bonds. The molecule has 1 spiro atoms. The highest BCUT2D eigenvalue weighted by atomic mass is 16.5. The van der Waals surface area contributed by atoms with E-state index >= 15 is 0 Å². The van der Waals surface area contributed by atoms with Gasteiger partial charge >= 0.3 is 0 Å². The van der Waals surface area contributed by atoms with Crippen molar-refractivity contribution in [1.29, 1.82) is 0 Å². The standard InChI is InChI=1S/C27H39N3O5/c1-6-26-12-13-27(35-26)21(20(26)23(32)28-14-18-10-8-7-9-11-18)25(34)30(19(15-31)16(2)3)22(27)24(33)29-17(4)5/h7-11,16-17,19-22,31H,6,12-15H2,1-5H3,(H,28,32)(H,29,33)/t19-,20+,21-,22?,26-,27?/m0/s1. The van der Waals surface area contributed by atoms with Gasteiger partial charge in [0, 0.05) is 12.6 Å². The van der Waals surface area contributed by atoms with Gasteiger partial charge in [-0.05, 0) is 44.6 Å². The summed E-state index contributed by atoms with van der Waals surface area (Å²) < 4.78 is 6.73. The topological polar surface area (TPSA) is 108 Å². The van der Waals surface area contributed by atoms with Crippen LogP contribution >= 0.6 is 0 Å². The van der Waals surface area contributed by atoms with Crippen LogP contribution in [0.15, 0.2) is 30.3 Å². The minimum Gasteiger partial charge on any atom is -0.394 e. The van der Waals surface area contributed by atoms with Crippen molar-refractivity contribution in [3.63, 3.8) is 0 Å². The van der Waals surface area contributed by atoms with Crippen molar-refractivity contribution < 1.29 is 24.2 Å². The normalized spacial score (nSPS) is 32.3. The third-order valence-corrected chi connectivity index (χ3v) is 8.20. The van der Waals surface area contributed by atoms with E-state index in [9.17, 15) is 19.5 Å². The highest BCUT2D eigenvalue weighted by Gasteiger charge is 2.79. The molecule has 0 aliphatic carbocycles. The number of benzene rings is 1. The van der Waals surface area contributed by atoms with E-state index in [1.165, 1.54) is 4.90 Å². The first kappa shape index (κ1) is 25.6. The third kappa shape index (κ3) is 4.04. The zero-order valence-corrected chi connectivity index (χ0v) is 21.4. The van der Waals surface area contributed by atoms with Crippen LogP contribution in [0.3, 0.4) is 0 Å². The fraction of sp³-hybridized carbons (Fsp3) is 0.667. The van der Waals surface area contributed by atoms with Crippen LogP contribution in [0.25, 0.3) is 0 Å². The summed E-state index contributed by atoms with van der Waals surface area (Å²) in [5, 5.41) is 16.2. The molecule has 2 unspecified atom stereocenters.